The summed E-state index contributed by atoms with van der Waals surface area (Å²) < 4.78 is 1.14. The summed E-state index contributed by atoms with van der Waals surface area (Å²) in [7, 11) is 0. The van der Waals surface area contributed by atoms with Gasteiger partial charge in [-0.1, -0.05) is 34.1 Å². The monoisotopic (exact) mass is 301 g/mol. The highest BCUT2D eigenvalue weighted by atomic mass is 79.9. The Morgan fingerprint density at radius 3 is 2.67 bits per heavy atom. The topological polar surface area (TPSA) is 12.0 Å². The maximum atomic E-state index is 3.63. The van der Waals surface area contributed by atoms with Crippen molar-refractivity contribution in [2.75, 3.05) is 5.32 Å². The lowest BCUT2D eigenvalue weighted by molar-refractivity contribution is 0.823. The van der Waals surface area contributed by atoms with Crippen molar-refractivity contribution < 1.29 is 0 Å². The molecule has 0 saturated heterocycles. The van der Waals surface area contributed by atoms with Crippen LogP contribution < -0.4 is 5.32 Å². The van der Waals surface area contributed by atoms with Crippen LogP contribution in [-0.4, -0.2) is 0 Å². The Bertz CT molecular complexity index is 573. The van der Waals surface area contributed by atoms with Crippen LogP contribution in [0.2, 0.25) is 0 Å². The van der Waals surface area contributed by atoms with Crippen LogP contribution in [0.25, 0.3) is 0 Å². The molecule has 1 atom stereocenters. The first-order valence-electron chi connectivity index (χ1n) is 6.25. The number of fused-ring (bicyclic) bond motifs is 1. The van der Waals surface area contributed by atoms with Crippen molar-refractivity contribution in [2.45, 2.75) is 26.3 Å². The van der Waals surface area contributed by atoms with E-state index in [1.165, 1.54) is 27.9 Å². The third-order valence-electron chi connectivity index (χ3n) is 3.72. The SMILES string of the molecule is Cc1cc2c(cc1C)NC(c1cccc(Br)c1)C2. The predicted octanol–water partition coefficient (Wildman–Crippen LogP) is 4.78. The summed E-state index contributed by atoms with van der Waals surface area (Å²) in [6.07, 6.45) is 1.08. The number of hydrogen-bond donors (Lipinski definition) is 1. The molecule has 1 heterocycles. The summed E-state index contributed by atoms with van der Waals surface area (Å²) >= 11 is 3.54. The number of nitrogens with one attached hydrogen (secondary N) is 1. The van der Waals surface area contributed by atoms with E-state index in [-0.39, 0.29) is 0 Å². The lowest BCUT2D eigenvalue weighted by Crippen LogP contribution is -2.05. The molecule has 2 heteroatoms. The molecule has 1 N–H and O–H groups in total. The zero-order chi connectivity index (χ0) is 12.7. The molecular weight excluding hydrogens is 286 g/mol. The van der Waals surface area contributed by atoms with Gasteiger partial charge in [-0.25, -0.2) is 0 Å². The molecule has 0 fully saturated rings. The van der Waals surface area contributed by atoms with Crippen LogP contribution in [0.15, 0.2) is 40.9 Å². The van der Waals surface area contributed by atoms with Crippen LogP contribution in [-0.2, 0) is 6.42 Å². The third kappa shape index (κ3) is 2.05. The van der Waals surface area contributed by atoms with Gasteiger partial charge in [-0.3, -0.25) is 0 Å². The standard InChI is InChI=1S/C16H16BrN/c1-10-6-13-9-16(18-15(13)7-11(10)2)12-4-3-5-14(17)8-12/h3-8,16,18H,9H2,1-2H3. The number of aryl methyl sites for hydroxylation is 2. The second-order valence-electron chi connectivity index (χ2n) is 5.05. The van der Waals surface area contributed by atoms with Gasteiger partial charge in [0, 0.05) is 10.2 Å². The summed E-state index contributed by atoms with van der Waals surface area (Å²) in [4.78, 5) is 0. The number of rotatable bonds is 1. The Labute approximate surface area is 116 Å². The Morgan fingerprint density at radius 1 is 1.11 bits per heavy atom. The van der Waals surface area contributed by atoms with E-state index in [1.54, 1.807) is 0 Å². The second kappa shape index (κ2) is 4.43. The molecule has 0 bridgehead atoms. The largest absolute Gasteiger partial charge is 0.378 e. The molecule has 3 rings (SSSR count). The van der Waals surface area contributed by atoms with Gasteiger partial charge in [0.2, 0.25) is 0 Å². The molecule has 0 aliphatic carbocycles. The predicted molar refractivity (Wildman–Crippen MR) is 80.1 cm³/mol. The quantitative estimate of drug-likeness (QED) is 0.799. The Kier molecular flexibility index (Phi) is 2.90. The molecule has 0 saturated carbocycles. The van der Waals surface area contributed by atoms with Gasteiger partial charge in [0.05, 0.1) is 6.04 Å². The number of halogens is 1. The minimum absolute atomic E-state index is 0.402. The Balaban J connectivity index is 1.93. The first kappa shape index (κ1) is 11.8. The van der Waals surface area contributed by atoms with E-state index in [0.29, 0.717) is 6.04 Å². The molecule has 0 radical (unpaired) electrons. The Hall–Kier alpha value is -1.28. The van der Waals surface area contributed by atoms with Crippen LogP contribution in [0.4, 0.5) is 5.69 Å². The molecule has 1 nitrogen and oxygen atoms in total. The first-order valence-corrected chi connectivity index (χ1v) is 7.05. The molecule has 2 aromatic rings. The molecule has 0 aromatic heterocycles. The van der Waals surface area contributed by atoms with Crippen LogP contribution in [0, 0.1) is 13.8 Å². The molecule has 0 amide bonds. The summed E-state index contributed by atoms with van der Waals surface area (Å²) in [5.41, 5.74) is 6.81. The van der Waals surface area contributed by atoms with Gasteiger partial charge in [0.1, 0.15) is 0 Å². The normalized spacial score (nSPS) is 17.4. The fourth-order valence-corrected chi connectivity index (χ4v) is 2.98. The summed E-state index contributed by atoms with van der Waals surface area (Å²) in [5.74, 6) is 0. The molecule has 92 valence electrons. The van der Waals surface area contributed by atoms with Crippen LogP contribution in [0.3, 0.4) is 0 Å². The van der Waals surface area contributed by atoms with Gasteiger partial charge in [-0.2, -0.15) is 0 Å². The zero-order valence-corrected chi connectivity index (χ0v) is 12.2. The fraction of sp³-hybridized carbons (Fsp3) is 0.250. The van der Waals surface area contributed by atoms with Gasteiger partial charge < -0.3 is 5.32 Å². The molecule has 1 aliphatic rings. The van der Waals surface area contributed by atoms with Crippen molar-refractivity contribution >= 4 is 21.6 Å². The van der Waals surface area contributed by atoms with Gasteiger partial charge in [0.15, 0.2) is 0 Å². The summed E-state index contributed by atoms with van der Waals surface area (Å²) in [6.45, 7) is 4.35. The smallest absolute Gasteiger partial charge is 0.0555 e. The van der Waals surface area contributed by atoms with E-state index in [2.05, 4.69) is 71.5 Å². The number of hydrogen-bond acceptors (Lipinski definition) is 1. The third-order valence-corrected chi connectivity index (χ3v) is 4.22. The van der Waals surface area contributed by atoms with Crippen molar-refractivity contribution in [3.05, 3.63) is 63.1 Å². The highest BCUT2D eigenvalue weighted by Crippen LogP contribution is 2.36. The van der Waals surface area contributed by atoms with Crippen molar-refractivity contribution in [2.24, 2.45) is 0 Å². The molecule has 1 unspecified atom stereocenters. The first-order chi connectivity index (χ1) is 8.63. The van der Waals surface area contributed by atoms with Crippen molar-refractivity contribution in [1.82, 2.24) is 0 Å². The van der Waals surface area contributed by atoms with Crippen molar-refractivity contribution in [3.63, 3.8) is 0 Å². The van der Waals surface area contributed by atoms with E-state index >= 15 is 0 Å². The van der Waals surface area contributed by atoms with Crippen LogP contribution in [0.1, 0.15) is 28.3 Å². The van der Waals surface area contributed by atoms with E-state index < -0.39 is 0 Å². The van der Waals surface area contributed by atoms with Gasteiger partial charge >= 0.3 is 0 Å². The summed E-state index contributed by atoms with van der Waals surface area (Å²) in [5, 5.41) is 3.63. The Morgan fingerprint density at radius 2 is 1.89 bits per heavy atom. The van der Waals surface area contributed by atoms with E-state index in [1.807, 2.05) is 0 Å². The summed E-state index contributed by atoms with van der Waals surface area (Å²) in [6, 6.07) is 13.5. The average Bonchev–Trinajstić information content (AvgIpc) is 2.73. The minimum Gasteiger partial charge on any atom is -0.378 e. The molecule has 2 aromatic carbocycles. The number of benzene rings is 2. The van der Waals surface area contributed by atoms with Crippen molar-refractivity contribution in [3.8, 4) is 0 Å². The molecule has 1 aliphatic heterocycles. The minimum atomic E-state index is 0.402. The lowest BCUT2D eigenvalue weighted by Gasteiger charge is -2.12. The maximum Gasteiger partial charge on any atom is 0.0555 e. The van der Waals surface area contributed by atoms with E-state index in [4.69, 9.17) is 0 Å². The fourth-order valence-electron chi connectivity index (χ4n) is 2.56. The lowest BCUT2D eigenvalue weighted by atomic mass is 10.0. The van der Waals surface area contributed by atoms with Crippen LogP contribution >= 0.6 is 15.9 Å². The van der Waals surface area contributed by atoms with Gasteiger partial charge in [0.25, 0.3) is 0 Å². The maximum absolute atomic E-state index is 3.63. The molecular formula is C16H16BrN. The second-order valence-corrected chi connectivity index (χ2v) is 5.97. The van der Waals surface area contributed by atoms with E-state index in [9.17, 15) is 0 Å². The number of anilines is 1. The highest BCUT2D eigenvalue weighted by molar-refractivity contribution is 9.10. The van der Waals surface area contributed by atoms with Crippen LogP contribution in [0.5, 0.6) is 0 Å². The van der Waals surface area contributed by atoms with E-state index in [0.717, 1.165) is 10.9 Å². The van der Waals surface area contributed by atoms with Crippen molar-refractivity contribution in [1.29, 1.82) is 0 Å². The highest BCUT2D eigenvalue weighted by Gasteiger charge is 2.22. The average molecular weight is 302 g/mol. The van der Waals surface area contributed by atoms with Gasteiger partial charge in [-0.15, -0.1) is 0 Å². The molecule has 18 heavy (non-hydrogen) atoms. The van der Waals surface area contributed by atoms with Gasteiger partial charge in [-0.05, 0) is 60.7 Å². The zero-order valence-electron chi connectivity index (χ0n) is 10.6. The molecule has 0 spiro atoms.